The number of allylic oxidation sites excluding steroid dienone is 1. The molecule has 0 spiro atoms. The van der Waals surface area contributed by atoms with Gasteiger partial charge in [-0.05, 0) is 46.0 Å². The number of fused-ring (bicyclic) bond motifs is 1. The molecule has 2 rings (SSSR count). The molecular formula is C17H28N2O3. The van der Waals surface area contributed by atoms with Gasteiger partial charge in [-0.3, -0.25) is 4.79 Å². The molecule has 0 aromatic carbocycles. The number of nitrogens with one attached hydrogen (secondary N) is 1. The number of alkyl carbamates (subject to hydrolysis) is 1. The Morgan fingerprint density at radius 2 is 2.05 bits per heavy atom. The van der Waals surface area contributed by atoms with Crippen molar-refractivity contribution >= 4 is 12.0 Å². The van der Waals surface area contributed by atoms with Gasteiger partial charge in [0, 0.05) is 31.5 Å². The summed E-state index contributed by atoms with van der Waals surface area (Å²) in [5, 5.41) is 2.99. The largest absolute Gasteiger partial charge is 0.444 e. The van der Waals surface area contributed by atoms with Crippen LogP contribution < -0.4 is 5.32 Å². The summed E-state index contributed by atoms with van der Waals surface area (Å²) in [5.41, 5.74) is -0.482. The second kappa shape index (κ2) is 6.71. The lowest BCUT2D eigenvalue weighted by molar-refractivity contribution is -0.130. The van der Waals surface area contributed by atoms with Crippen LogP contribution in [0.3, 0.4) is 0 Å². The fourth-order valence-electron chi connectivity index (χ4n) is 3.49. The zero-order chi connectivity index (χ0) is 16.3. The van der Waals surface area contributed by atoms with Crippen LogP contribution in [-0.4, -0.2) is 41.6 Å². The molecule has 2 amide bonds. The summed E-state index contributed by atoms with van der Waals surface area (Å²) in [6.45, 7) is 10.8. The first kappa shape index (κ1) is 16.8. The zero-order valence-corrected chi connectivity index (χ0v) is 13.9. The van der Waals surface area contributed by atoms with E-state index in [1.54, 1.807) is 6.08 Å². The number of nitrogens with zero attached hydrogens (tertiary/aromatic N) is 1. The van der Waals surface area contributed by atoms with Crippen LogP contribution >= 0.6 is 0 Å². The summed E-state index contributed by atoms with van der Waals surface area (Å²) in [6.07, 6.45) is 4.73. The molecule has 22 heavy (non-hydrogen) atoms. The monoisotopic (exact) mass is 308 g/mol. The molecule has 1 heterocycles. The molecule has 1 saturated carbocycles. The minimum Gasteiger partial charge on any atom is -0.444 e. The summed E-state index contributed by atoms with van der Waals surface area (Å²) in [5.74, 6) is 1.07. The molecule has 1 aliphatic carbocycles. The highest BCUT2D eigenvalue weighted by Gasteiger charge is 2.44. The summed E-state index contributed by atoms with van der Waals surface area (Å²) < 4.78 is 5.33. The zero-order valence-electron chi connectivity index (χ0n) is 13.9. The van der Waals surface area contributed by atoms with Gasteiger partial charge in [0.2, 0.25) is 5.91 Å². The Labute approximate surface area is 133 Å². The third-order valence-corrected chi connectivity index (χ3v) is 4.47. The maximum Gasteiger partial charge on any atom is 0.407 e. The third-order valence-electron chi connectivity index (χ3n) is 4.47. The van der Waals surface area contributed by atoms with Crippen molar-refractivity contribution in [2.24, 2.45) is 11.8 Å². The first-order chi connectivity index (χ1) is 10.3. The molecule has 0 unspecified atom stereocenters. The molecule has 0 aromatic rings. The first-order valence-corrected chi connectivity index (χ1v) is 8.18. The van der Waals surface area contributed by atoms with E-state index in [0.29, 0.717) is 18.3 Å². The van der Waals surface area contributed by atoms with Gasteiger partial charge in [-0.15, -0.1) is 6.58 Å². The molecule has 0 bridgehead atoms. The third kappa shape index (κ3) is 4.24. The topological polar surface area (TPSA) is 58.6 Å². The first-order valence-electron chi connectivity index (χ1n) is 8.18. The quantitative estimate of drug-likeness (QED) is 0.812. The van der Waals surface area contributed by atoms with Crippen molar-refractivity contribution in [3.63, 3.8) is 0 Å². The number of hydrogen-bond donors (Lipinski definition) is 1. The van der Waals surface area contributed by atoms with Gasteiger partial charge in [0.25, 0.3) is 0 Å². The van der Waals surface area contributed by atoms with E-state index >= 15 is 0 Å². The van der Waals surface area contributed by atoms with E-state index in [9.17, 15) is 9.59 Å². The lowest BCUT2D eigenvalue weighted by Crippen LogP contribution is -2.42. The number of carbonyl (C=O) groups excluding carboxylic acids is 2. The Kier molecular flexibility index (Phi) is 5.14. The van der Waals surface area contributed by atoms with Crippen molar-refractivity contribution in [2.45, 2.75) is 58.1 Å². The van der Waals surface area contributed by atoms with E-state index in [4.69, 9.17) is 4.74 Å². The highest BCUT2D eigenvalue weighted by molar-refractivity contribution is 5.76. The van der Waals surface area contributed by atoms with Crippen molar-refractivity contribution in [2.75, 3.05) is 13.1 Å². The van der Waals surface area contributed by atoms with Crippen LogP contribution in [0.1, 0.15) is 46.5 Å². The Hall–Kier alpha value is -1.52. The van der Waals surface area contributed by atoms with Crippen LogP contribution in [-0.2, 0) is 9.53 Å². The number of likely N-dealkylation sites (tertiary alicyclic amines) is 1. The van der Waals surface area contributed by atoms with Gasteiger partial charge in [0.1, 0.15) is 5.60 Å². The molecule has 2 fully saturated rings. The van der Waals surface area contributed by atoms with Crippen molar-refractivity contribution < 1.29 is 14.3 Å². The molecule has 5 heteroatoms. The minimum atomic E-state index is -0.482. The fraction of sp³-hybridized carbons (Fsp3) is 0.765. The van der Waals surface area contributed by atoms with Gasteiger partial charge in [0.05, 0.1) is 0 Å². The van der Waals surface area contributed by atoms with E-state index in [-0.39, 0.29) is 18.0 Å². The van der Waals surface area contributed by atoms with E-state index in [2.05, 4.69) is 11.9 Å². The van der Waals surface area contributed by atoms with Gasteiger partial charge >= 0.3 is 6.09 Å². The van der Waals surface area contributed by atoms with Crippen LogP contribution in [0.2, 0.25) is 0 Å². The normalized spacial score (nSPS) is 27.4. The highest BCUT2D eigenvalue weighted by Crippen LogP contribution is 2.38. The SMILES string of the molecule is C=CCCC(=O)N1C[C@@H]2CC[C@H](NC(=O)OC(C)(C)C)[C@H]2C1. The van der Waals surface area contributed by atoms with E-state index in [1.807, 2.05) is 25.7 Å². The summed E-state index contributed by atoms with van der Waals surface area (Å²) in [7, 11) is 0. The van der Waals surface area contributed by atoms with Crippen molar-refractivity contribution in [1.82, 2.24) is 10.2 Å². The average molecular weight is 308 g/mol. The summed E-state index contributed by atoms with van der Waals surface area (Å²) >= 11 is 0. The molecular weight excluding hydrogens is 280 g/mol. The van der Waals surface area contributed by atoms with Crippen LogP contribution in [0, 0.1) is 11.8 Å². The standard InChI is InChI=1S/C17H28N2O3/c1-5-6-7-15(20)19-10-12-8-9-14(13(12)11-19)18-16(21)22-17(2,3)4/h5,12-14H,1,6-11H2,2-4H3,(H,18,21)/t12-,13-,14-/m0/s1. The van der Waals surface area contributed by atoms with Crippen LogP contribution in [0.5, 0.6) is 0 Å². The fourth-order valence-corrected chi connectivity index (χ4v) is 3.49. The number of rotatable bonds is 4. The maximum atomic E-state index is 12.1. The van der Waals surface area contributed by atoms with E-state index < -0.39 is 5.60 Å². The molecule has 2 aliphatic rings. The predicted octanol–water partition coefficient (Wildman–Crippen LogP) is 2.71. The van der Waals surface area contributed by atoms with Crippen molar-refractivity contribution in [3.05, 3.63) is 12.7 Å². The second-order valence-electron chi connectivity index (χ2n) is 7.38. The van der Waals surface area contributed by atoms with Gasteiger partial charge in [-0.1, -0.05) is 6.08 Å². The lowest BCUT2D eigenvalue weighted by atomic mass is 9.98. The molecule has 124 valence electrons. The molecule has 1 aliphatic heterocycles. The summed E-state index contributed by atoms with van der Waals surface area (Å²) in [4.78, 5) is 26.0. The van der Waals surface area contributed by atoms with Gasteiger partial charge < -0.3 is 15.0 Å². The predicted molar refractivity (Wildman–Crippen MR) is 85.4 cm³/mol. The van der Waals surface area contributed by atoms with Crippen LogP contribution in [0.25, 0.3) is 0 Å². The molecule has 1 N–H and O–H groups in total. The Balaban J connectivity index is 1.86. The van der Waals surface area contributed by atoms with Gasteiger partial charge in [-0.25, -0.2) is 4.79 Å². The molecule has 0 aromatic heterocycles. The lowest BCUT2D eigenvalue weighted by Gasteiger charge is -2.25. The van der Waals surface area contributed by atoms with Crippen LogP contribution in [0.15, 0.2) is 12.7 Å². The average Bonchev–Trinajstić information content (AvgIpc) is 2.96. The summed E-state index contributed by atoms with van der Waals surface area (Å²) in [6, 6.07) is 0.122. The molecule has 3 atom stereocenters. The Morgan fingerprint density at radius 1 is 1.32 bits per heavy atom. The van der Waals surface area contributed by atoms with E-state index in [1.165, 1.54) is 0 Å². The second-order valence-corrected chi connectivity index (χ2v) is 7.38. The molecule has 0 radical (unpaired) electrons. The molecule has 1 saturated heterocycles. The highest BCUT2D eigenvalue weighted by atomic mass is 16.6. The molecule has 5 nitrogen and oxygen atoms in total. The van der Waals surface area contributed by atoms with Crippen LogP contribution in [0.4, 0.5) is 4.79 Å². The number of ether oxygens (including phenoxy) is 1. The minimum absolute atomic E-state index is 0.122. The van der Waals surface area contributed by atoms with Gasteiger partial charge in [0.15, 0.2) is 0 Å². The van der Waals surface area contributed by atoms with E-state index in [0.717, 1.165) is 32.4 Å². The number of amides is 2. The van der Waals surface area contributed by atoms with Crippen molar-refractivity contribution in [1.29, 1.82) is 0 Å². The Morgan fingerprint density at radius 3 is 2.68 bits per heavy atom. The van der Waals surface area contributed by atoms with Crippen molar-refractivity contribution in [3.8, 4) is 0 Å². The number of carbonyl (C=O) groups is 2. The Bertz CT molecular complexity index is 442. The van der Waals surface area contributed by atoms with Gasteiger partial charge in [-0.2, -0.15) is 0 Å². The number of hydrogen-bond acceptors (Lipinski definition) is 3. The maximum absolute atomic E-state index is 12.1. The smallest absolute Gasteiger partial charge is 0.407 e.